The van der Waals surface area contributed by atoms with Crippen LogP contribution in [0.5, 0.6) is 0 Å². The number of fused-ring (bicyclic) bond motifs is 1. The molecule has 0 atom stereocenters. The molecule has 2 aliphatic heterocycles. The predicted octanol–water partition coefficient (Wildman–Crippen LogP) is 3.37. The first-order valence-electron chi connectivity index (χ1n) is 10.2. The van der Waals surface area contributed by atoms with Gasteiger partial charge >= 0.3 is 0 Å². The van der Waals surface area contributed by atoms with Crippen molar-refractivity contribution in [1.29, 1.82) is 0 Å². The maximum Gasteiger partial charge on any atom is 0.152 e. The Balaban J connectivity index is 1.33. The second-order valence-electron chi connectivity index (χ2n) is 7.66. The van der Waals surface area contributed by atoms with E-state index >= 15 is 0 Å². The van der Waals surface area contributed by atoms with E-state index in [4.69, 9.17) is 4.42 Å². The van der Waals surface area contributed by atoms with Gasteiger partial charge in [-0.3, -0.25) is 4.99 Å². The van der Waals surface area contributed by atoms with E-state index in [-0.39, 0.29) is 0 Å². The number of piperazine rings is 1. The first-order valence-corrected chi connectivity index (χ1v) is 10.2. The number of hydrogen-bond donors (Lipinski definition) is 1. The van der Waals surface area contributed by atoms with Crippen LogP contribution in [0.4, 0.5) is 11.6 Å². The average molecular weight is 400 g/mol. The van der Waals surface area contributed by atoms with E-state index in [1.54, 1.807) is 12.5 Å². The van der Waals surface area contributed by atoms with Crippen LogP contribution in [-0.4, -0.2) is 61.1 Å². The molecule has 0 unspecified atom stereocenters. The van der Waals surface area contributed by atoms with Crippen LogP contribution in [0.15, 0.2) is 64.5 Å². The van der Waals surface area contributed by atoms with Gasteiger partial charge in [-0.2, -0.15) is 0 Å². The molecule has 3 aromatic rings. The Morgan fingerprint density at radius 1 is 1.00 bits per heavy atom. The molecule has 0 bridgehead atoms. The summed E-state index contributed by atoms with van der Waals surface area (Å²) in [5, 5.41) is 12.1. The van der Waals surface area contributed by atoms with Crippen LogP contribution in [0, 0.1) is 0 Å². The van der Waals surface area contributed by atoms with Crippen molar-refractivity contribution in [3.8, 4) is 11.1 Å². The number of anilines is 2. The quantitative estimate of drug-likeness (QED) is 0.724. The molecule has 1 aromatic carbocycles. The molecule has 0 aliphatic carbocycles. The normalized spacial score (nSPS) is 17.9. The van der Waals surface area contributed by atoms with Gasteiger partial charge in [0, 0.05) is 44.2 Å². The van der Waals surface area contributed by atoms with Crippen LogP contribution in [-0.2, 0) is 0 Å². The molecule has 5 rings (SSSR count). The molecule has 2 aromatic heterocycles. The number of likely N-dealkylation sites (N-methyl/N-ethyl adjacent to an activating group) is 1. The standard InChI is InChI=1S/C23H24N6O/c1-28-7-9-29(10-8-28)23-5-4-22(26-27-23)25-15-20-14-24-13-18-3-2-17(12-21(18)20)19-6-11-30-16-19/h2-6,11-13,15-16H,7-10,14H2,1H3,(H,25,26)/b20-15+. The van der Waals surface area contributed by atoms with Crippen LogP contribution in [0.2, 0.25) is 0 Å². The molecule has 2 aliphatic rings. The SMILES string of the molecule is CN1CCN(c2ccc(N/C=C3\CN=Cc4ccc(-c5ccoc5)cc43)nn2)CC1. The third kappa shape index (κ3) is 3.84. The lowest BCUT2D eigenvalue weighted by Gasteiger charge is -2.32. The molecule has 7 heteroatoms. The molecule has 30 heavy (non-hydrogen) atoms. The van der Waals surface area contributed by atoms with Crippen LogP contribution >= 0.6 is 0 Å². The van der Waals surface area contributed by atoms with Crippen LogP contribution < -0.4 is 10.2 Å². The van der Waals surface area contributed by atoms with Gasteiger partial charge in [-0.05, 0) is 53.6 Å². The van der Waals surface area contributed by atoms with Crippen molar-refractivity contribution in [2.45, 2.75) is 0 Å². The number of aliphatic imine (C=N–C) groups is 1. The minimum atomic E-state index is 0.627. The molecular weight excluding hydrogens is 376 g/mol. The highest BCUT2D eigenvalue weighted by atomic mass is 16.3. The van der Waals surface area contributed by atoms with Crippen molar-refractivity contribution in [1.82, 2.24) is 15.1 Å². The fraction of sp³-hybridized carbons (Fsp3) is 0.261. The zero-order valence-electron chi connectivity index (χ0n) is 17.0. The Labute approximate surface area is 175 Å². The molecule has 0 saturated carbocycles. The van der Waals surface area contributed by atoms with Gasteiger partial charge in [0.15, 0.2) is 11.6 Å². The minimum Gasteiger partial charge on any atom is -0.472 e. The molecule has 1 saturated heterocycles. The fourth-order valence-electron chi connectivity index (χ4n) is 3.77. The van der Waals surface area contributed by atoms with E-state index < -0.39 is 0 Å². The molecule has 0 radical (unpaired) electrons. The Morgan fingerprint density at radius 2 is 1.90 bits per heavy atom. The molecule has 152 valence electrons. The number of hydrogen-bond acceptors (Lipinski definition) is 7. The lowest BCUT2D eigenvalue weighted by molar-refractivity contribution is 0.312. The maximum absolute atomic E-state index is 5.23. The predicted molar refractivity (Wildman–Crippen MR) is 120 cm³/mol. The highest BCUT2D eigenvalue weighted by Crippen LogP contribution is 2.29. The van der Waals surface area contributed by atoms with Crippen molar-refractivity contribution in [2.75, 3.05) is 50.0 Å². The number of furan rings is 1. The summed E-state index contributed by atoms with van der Waals surface area (Å²) >= 11 is 0. The molecular formula is C23H24N6O. The van der Waals surface area contributed by atoms with E-state index in [0.29, 0.717) is 6.54 Å². The molecule has 0 spiro atoms. The first kappa shape index (κ1) is 18.6. The number of nitrogens with one attached hydrogen (secondary N) is 1. The first-order chi connectivity index (χ1) is 14.8. The van der Waals surface area contributed by atoms with Crippen molar-refractivity contribution in [2.24, 2.45) is 4.99 Å². The molecule has 1 N–H and O–H groups in total. The second-order valence-corrected chi connectivity index (χ2v) is 7.66. The lowest BCUT2D eigenvalue weighted by atomic mass is 9.94. The largest absolute Gasteiger partial charge is 0.472 e. The number of nitrogens with zero attached hydrogens (tertiary/aromatic N) is 5. The van der Waals surface area contributed by atoms with E-state index in [1.807, 2.05) is 30.6 Å². The molecule has 0 amide bonds. The summed E-state index contributed by atoms with van der Waals surface area (Å²) in [5.74, 6) is 1.65. The van der Waals surface area contributed by atoms with E-state index in [1.165, 1.54) is 5.56 Å². The van der Waals surface area contributed by atoms with E-state index in [0.717, 1.165) is 60.1 Å². The Hall–Kier alpha value is -3.45. The monoisotopic (exact) mass is 400 g/mol. The van der Waals surface area contributed by atoms with Crippen molar-refractivity contribution in [3.05, 3.63) is 66.3 Å². The van der Waals surface area contributed by atoms with E-state index in [2.05, 4.69) is 55.6 Å². The molecule has 7 nitrogen and oxygen atoms in total. The van der Waals surface area contributed by atoms with Gasteiger partial charge in [0.1, 0.15) is 0 Å². The number of aromatic nitrogens is 2. The van der Waals surface area contributed by atoms with Crippen LogP contribution in [0.3, 0.4) is 0 Å². The van der Waals surface area contributed by atoms with Crippen molar-refractivity contribution < 1.29 is 4.42 Å². The molecule has 1 fully saturated rings. The highest BCUT2D eigenvalue weighted by Gasteiger charge is 2.16. The van der Waals surface area contributed by atoms with Gasteiger partial charge in [0.05, 0.1) is 19.1 Å². The summed E-state index contributed by atoms with van der Waals surface area (Å²) in [6.07, 6.45) is 7.36. The second kappa shape index (κ2) is 8.12. The van der Waals surface area contributed by atoms with Gasteiger partial charge in [-0.15, -0.1) is 10.2 Å². The topological polar surface area (TPSA) is 69.8 Å². The van der Waals surface area contributed by atoms with Gasteiger partial charge in [-0.1, -0.05) is 12.1 Å². The third-order valence-corrected chi connectivity index (χ3v) is 5.62. The summed E-state index contributed by atoms with van der Waals surface area (Å²) in [7, 11) is 2.15. The van der Waals surface area contributed by atoms with Gasteiger partial charge in [0.2, 0.25) is 0 Å². The third-order valence-electron chi connectivity index (χ3n) is 5.62. The van der Waals surface area contributed by atoms with Crippen LogP contribution in [0.1, 0.15) is 11.1 Å². The maximum atomic E-state index is 5.23. The Kier molecular flexibility index (Phi) is 5.03. The fourth-order valence-corrected chi connectivity index (χ4v) is 3.77. The lowest BCUT2D eigenvalue weighted by Crippen LogP contribution is -2.44. The summed E-state index contributed by atoms with van der Waals surface area (Å²) < 4.78 is 5.23. The summed E-state index contributed by atoms with van der Waals surface area (Å²) in [5.41, 5.74) is 5.58. The summed E-state index contributed by atoms with van der Waals surface area (Å²) in [6.45, 7) is 4.69. The molecule has 4 heterocycles. The van der Waals surface area contributed by atoms with Gasteiger partial charge in [0.25, 0.3) is 0 Å². The minimum absolute atomic E-state index is 0.627. The van der Waals surface area contributed by atoms with Gasteiger partial charge < -0.3 is 19.5 Å². The van der Waals surface area contributed by atoms with Gasteiger partial charge in [-0.25, -0.2) is 0 Å². The van der Waals surface area contributed by atoms with Crippen molar-refractivity contribution in [3.63, 3.8) is 0 Å². The summed E-state index contributed by atoms with van der Waals surface area (Å²) in [4.78, 5) is 9.09. The summed E-state index contributed by atoms with van der Waals surface area (Å²) in [6, 6.07) is 12.3. The highest BCUT2D eigenvalue weighted by molar-refractivity contribution is 5.94. The van der Waals surface area contributed by atoms with E-state index in [9.17, 15) is 0 Å². The smallest absolute Gasteiger partial charge is 0.152 e. The Bertz CT molecular complexity index is 1060. The zero-order valence-corrected chi connectivity index (χ0v) is 17.0. The zero-order chi connectivity index (χ0) is 20.3. The number of benzene rings is 1. The number of rotatable bonds is 4. The van der Waals surface area contributed by atoms with Crippen LogP contribution in [0.25, 0.3) is 16.7 Å². The average Bonchev–Trinajstić information content (AvgIpc) is 3.33. The van der Waals surface area contributed by atoms with Crippen molar-refractivity contribution >= 4 is 23.4 Å². The Morgan fingerprint density at radius 3 is 2.67 bits per heavy atom.